The second-order valence-corrected chi connectivity index (χ2v) is 6.66. The van der Waals surface area contributed by atoms with E-state index < -0.39 is 0 Å². The third-order valence-corrected chi connectivity index (χ3v) is 5.35. The maximum atomic E-state index is 2.35. The molecule has 0 spiro atoms. The molecule has 0 aliphatic heterocycles. The van der Waals surface area contributed by atoms with Crippen LogP contribution >= 0.6 is 0 Å². The van der Waals surface area contributed by atoms with Gasteiger partial charge in [0.25, 0.3) is 0 Å². The minimum atomic E-state index is 1.26. The van der Waals surface area contributed by atoms with Crippen LogP contribution in [0.15, 0.2) is 91.1 Å². The fourth-order valence-corrected chi connectivity index (χ4v) is 4.27. The summed E-state index contributed by atoms with van der Waals surface area (Å²) >= 11 is 0. The van der Waals surface area contributed by atoms with Crippen molar-refractivity contribution in [1.82, 2.24) is 4.40 Å². The molecule has 25 heavy (non-hydrogen) atoms. The second-order valence-electron chi connectivity index (χ2n) is 6.66. The molecule has 1 heteroatoms. The van der Waals surface area contributed by atoms with Gasteiger partial charge in [-0.1, -0.05) is 66.7 Å². The van der Waals surface area contributed by atoms with Crippen LogP contribution in [0.25, 0.3) is 49.8 Å². The van der Waals surface area contributed by atoms with E-state index in [4.69, 9.17) is 0 Å². The highest BCUT2D eigenvalue weighted by molar-refractivity contribution is 6.20. The highest BCUT2D eigenvalue weighted by Gasteiger charge is 2.26. The summed E-state index contributed by atoms with van der Waals surface area (Å²) in [6, 6.07) is 30.6. The molecule has 0 fully saturated rings. The van der Waals surface area contributed by atoms with Crippen molar-refractivity contribution in [2.45, 2.75) is 0 Å². The topological polar surface area (TPSA) is 4.41 Å². The largest absolute Gasteiger partial charge is 0.315 e. The molecule has 3 aromatic carbocycles. The first kappa shape index (κ1) is 13.0. The predicted octanol–water partition coefficient (Wildman–Crippen LogP) is 6.41. The molecule has 6 rings (SSSR count). The van der Waals surface area contributed by atoms with Crippen molar-refractivity contribution >= 4 is 16.3 Å². The van der Waals surface area contributed by atoms with Gasteiger partial charge in [0.1, 0.15) is 0 Å². The SMILES string of the molecule is c1ccc(-c2ccc3c(c2)-c2c4c-3cccc4c3ccccn23)cc1. The molecule has 0 bridgehead atoms. The normalized spacial score (nSPS) is 12.0. The molecule has 0 saturated carbocycles. The van der Waals surface area contributed by atoms with Crippen LogP contribution in [0.1, 0.15) is 0 Å². The zero-order chi connectivity index (χ0) is 16.4. The van der Waals surface area contributed by atoms with E-state index in [1.54, 1.807) is 0 Å². The van der Waals surface area contributed by atoms with Crippen LogP contribution in [0.2, 0.25) is 0 Å². The Morgan fingerprint density at radius 2 is 1.44 bits per heavy atom. The summed E-state index contributed by atoms with van der Waals surface area (Å²) in [5, 5.41) is 2.72. The lowest BCUT2D eigenvalue weighted by molar-refractivity contribution is 1.22. The van der Waals surface area contributed by atoms with E-state index in [0.717, 1.165) is 0 Å². The minimum Gasteiger partial charge on any atom is -0.315 e. The van der Waals surface area contributed by atoms with Gasteiger partial charge in [0.2, 0.25) is 0 Å². The van der Waals surface area contributed by atoms with Gasteiger partial charge in [0, 0.05) is 22.5 Å². The van der Waals surface area contributed by atoms with Gasteiger partial charge in [-0.3, -0.25) is 0 Å². The molecule has 0 unspecified atom stereocenters. The van der Waals surface area contributed by atoms with Crippen molar-refractivity contribution in [2.24, 2.45) is 0 Å². The van der Waals surface area contributed by atoms with Crippen LogP contribution in [-0.2, 0) is 0 Å². The first-order valence-corrected chi connectivity index (χ1v) is 8.64. The van der Waals surface area contributed by atoms with Crippen molar-refractivity contribution in [1.29, 1.82) is 0 Å². The zero-order valence-corrected chi connectivity index (χ0v) is 13.6. The van der Waals surface area contributed by atoms with Gasteiger partial charge in [-0.15, -0.1) is 0 Å². The maximum absolute atomic E-state index is 2.35. The zero-order valence-electron chi connectivity index (χ0n) is 13.6. The Balaban J connectivity index is 1.74. The number of hydrogen-bond donors (Lipinski definition) is 0. The average Bonchev–Trinajstić information content (AvgIpc) is 3.20. The van der Waals surface area contributed by atoms with Gasteiger partial charge in [-0.05, 0) is 40.5 Å². The van der Waals surface area contributed by atoms with E-state index in [9.17, 15) is 0 Å². The fraction of sp³-hybridized carbons (Fsp3) is 0. The summed E-state index contributed by atoms with van der Waals surface area (Å²) in [6.07, 6.45) is 2.18. The number of nitrogens with zero attached hydrogens (tertiary/aromatic N) is 1. The number of rotatable bonds is 1. The highest BCUT2D eigenvalue weighted by atomic mass is 14.9. The molecule has 116 valence electrons. The first-order valence-electron chi connectivity index (χ1n) is 8.64. The Hall–Kier alpha value is -3.32. The van der Waals surface area contributed by atoms with Crippen LogP contribution in [-0.4, -0.2) is 4.40 Å². The summed E-state index contributed by atoms with van der Waals surface area (Å²) in [7, 11) is 0. The molecule has 0 atom stereocenters. The summed E-state index contributed by atoms with van der Waals surface area (Å²) in [5.41, 5.74) is 9.17. The van der Waals surface area contributed by atoms with Gasteiger partial charge < -0.3 is 4.40 Å². The van der Waals surface area contributed by atoms with Crippen LogP contribution in [0, 0.1) is 0 Å². The molecule has 1 aliphatic rings. The van der Waals surface area contributed by atoms with Crippen LogP contribution < -0.4 is 0 Å². The molecular formula is C24H15N. The van der Waals surface area contributed by atoms with Gasteiger partial charge in [-0.25, -0.2) is 0 Å². The molecule has 0 amide bonds. The van der Waals surface area contributed by atoms with E-state index in [1.807, 2.05) is 0 Å². The molecular weight excluding hydrogens is 302 g/mol. The molecule has 1 aliphatic carbocycles. The summed E-state index contributed by atoms with van der Waals surface area (Å²) in [4.78, 5) is 0. The molecule has 0 radical (unpaired) electrons. The number of hydrogen-bond acceptors (Lipinski definition) is 0. The summed E-state index contributed by atoms with van der Waals surface area (Å²) in [5.74, 6) is 0. The lowest BCUT2D eigenvalue weighted by Gasteiger charge is -2.09. The Morgan fingerprint density at radius 3 is 2.36 bits per heavy atom. The van der Waals surface area contributed by atoms with Crippen molar-refractivity contribution in [3.8, 4) is 33.5 Å². The predicted molar refractivity (Wildman–Crippen MR) is 105 cm³/mol. The highest BCUT2D eigenvalue weighted by Crippen LogP contribution is 2.50. The smallest absolute Gasteiger partial charge is 0.0620 e. The van der Waals surface area contributed by atoms with Gasteiger partial charge in [0.05, 0.1) is 11.2 Å². The second kappa shape index (κ2) is 4.61. The molecule has 0 N–H and O–H groups in total. The van der Waals surface area contributed by atoms with Gasteiger partial charge in [-0.2, -0.15) is 0 Å². The van der Waals surface area contributed by atoms with Crippen molar-refractivity contribution in [3.63, 3.8) is 0 Å². The molecule has 2 aromatic heterocycles. The molecule has 0 saturated heterocycles. The van der Waals surface area contributed by atoms with E-state index >= 15 is 0 Å². The van der Waals surface area contributed by atoms with Crippen molar-refractivity contribution in [3.05, 3.63) is 91.1 Å². The van der Waals surface area contributed by atoms with Crippen LogP contribution in [0.3, 0.4) is 0 Å². The summed E-state index contributed by atoms with van der Waals surface area (Å²) < 4.78 is 2.34. The van der Waals surface area contributed by atoms with Gasteiger partial charge >= 0.3 is 0 Å². The number of pyridine rings is 1. The van der Waals surface area contributed by atoms with Crippen LogP contribution in [0.5, 0.6) is 0 Å². The standard InChI is InChI=1S/C24H15N/c1-2-7-16(8-3-1)17-12-13-18-19-9-6-10-20-22-11-4-5-14-25(22)24(23(19)20)21(18)15-17/h1-15H. The fourth-order valence-electron chi connectivity index (χ4n) is 4.27. The number of aromatic nitrogens is 1. The minimum absolute atomic E-state index is 1.26. The van der Waals surface area contributed by atoms with Crippen molar-refractivity contribution < 1.29 is 0 Å². The monoisotopic (exact) mass is 317 g/mol. The Kier molecular flexibility index (Phi) is 2.40. The van der Waals surface area contributed by atoms with Crippen LogP contribution in [0.4, 0.5) is 0 Å². The average molecular weight is 317 g/mol. The summed E-state index contributed by atoms with van der Waals surface area (Å²) in [6.45, 7) is 0. The van der Waals surface area contributed by atoms with E-state index in [2.05, 4.69) is 95.5 Å². The lowest BCUT2D eigenvalue weighted by atomic mass is 9.98. The Morgan fingerprint density at radius 1 is 0.560 bits per heavy atom. The number of benzene rings is 3. The molecule has 2 heterocycles. The van der Waals surface area contributed by atoms with Crippen molar-refractivity contribution in [2.75, 3.05) is 0 Å². The third-order valence-electron chi connectivity index (χ3n) is 5.35. The van der Waals surface area contributed by atoms with Gasteiger partial charge in [0.15, 0.2) is 0 Å². The molecule has 1 nitrogen and oxygen atoms in total. The first-order chi connectivity index (χ1) is 12.4. The quantitative estimate of drug-likeness (QED) is 0.330. The van der Waals surface area contributed by atoms with E-state index in [1.165, 1.54) is 49.8 Å². The number of fused-ring (bicyclic) bond motifs is 6. The van der Waals surface area contributed by atoms with E-state index in [0.29, 0.717) is 0 Å². The maximum Gasteiger partial charge on any atom is 0.0620 e. The Bertz CT molecular complexity index is 1280. The molecule has 5 aromatic rings. The van der Waals surface area contributed by atoms with E-state index in [-0.39, 0.29) is 0 Å². The third kappa shape index (κ3) is 1.62. The lowest BCUT2D eigenvalue weighted by Crippen LogP contribution is -1.88. The Labute approximate surface area is 145 Å².